The molecule has 2 aliphatic rings. The first-order chi connectivity index (χ1) is 17.2. The Morgan fingerprint density at radius 2 is 1.57 bits per heavy atom. The first-order valence-corrected chi connectivity index (χ1v) is 12.4. The van der Waals surface area contributed by atoms with Gasteiger partial charge in [-0.25, -0.2) is 4.98 Å². The molecular weight excluding hydrogens is 430 g/mol. The number of fused-ring (bicyclic) bond motifs is 9. The van der Waals surface area contributed by atoms with E-state index in [0.29, 0.717) is 0 Å². The van der Waals surface area contributed by atoms with Crippen LogP contribution in [0.1, 0.15) is 32.3 Å². The molecule has 4 nitrogen and oxygen atoms in total. The van der Waals surface area contributed by atoms with Gasteiger partial charge < -0.3 is 9.32 Å². The Balaban J connectivity index is 1.61. The highest BCUT2D eigenvalue weighted by Crippen LogP contribution is 2.60. The molecule has 35 heavy (non-hydrogen) atoms. The summed E-state index contributed by atoms with van der Waals surface area (Å²) in [6.07, 6.45) is 3.87. The Labute approximate surface area is 205 Å². The maximum absolute atomic E-state index is 6.55. The van der Waals surface area contributed by atoms with Crippen LogP contribution in [0.3, 0.4) is 0 Å². The van der Waals surface area contributed by atoms with E-state index in [9.17, 15) is 0 Å². The second kappa shape index (κ2) is 7.22. The van der Waals surface area contributed by atoms with Gasteiger partial charge in [0.2, 0.25) is 0 Å². The normalized spacial score (nSPS) is 18.1. The lowest BCUT2D eigenvalue weighted by Crippen LogP contribution is -2.50. The molecule has 0 bridgehead atoms. The average molecular weight is 458 g/mol. The second-order valence-corrected chi connectivity index (χ2v) is 9.55. The molecule has 7 rings (SSSR count). The fourth-order valence-corrected chi connectivity index (χ4v) is 6.41. The van der Waals surface area contributed by atoms with Crippen molar-refractivity contribution in [1.82, 2.24) is 4.98 Å². The lowest BCUT2D eigenvalue weighted by Gasteiger charge is -2.49. The molecule has 1 atom stereocenters. The summed E-state index contributed by atoms with van der Waals surface area (Å²) < 4.78 is 6.55. The zero-order valence-electron chi connectivity index (χ0n) is 20.0. The summed E-state index contributed by atoms with van der Waals surface area (Å²) in [6, 6.07) is 27.6. The number of hydrogen-bond donors (Lipinski definition) is 0. The Bertz CT molecular complexity index is 1610. The number of rotatable bonds is 3. The van der Waals surface area contributed by atoms with E-state index in [1.165, 1.54) is 16.8 Å². The van der Waals surface area contributed by atoms with Gasteiger partial charge in [-0.3, -0.25) is 4.90 Å². The van der Waals surface area contributed by atoms with Gasteiger partial charge in [0.05, 0.1) is 0 Å². The summed E-state index contributed by atoms with van der Waals surface area (Å²) in [5, 5.41) is 2.13. The zero-order valence-corrected chi connectivity index (χ0v) is 20.0. The molecule has 0 spiro atoms. The lowest BCUT2D eigenvalue weighted by atomic mass is 9.66. The summed E-state index contributed by atoms with van der Waals surface area (Å²) in [5.74, 6) is 0.909. The number of benzene rings is 3. The Hall–Kier alpha value is -4.05. The highest BCUT2D eigenvalue weighted by atomic mass is 16.3. The largest absolute Gasteiger partial charge is 0.454 e. The standard InChI is InChI=1S/C31H27N3O/c1-4-31(5-2)20(3)30-33(21-13-7-6-8-14-21)29-27(34(30)25-17-11-10-16-24(25)31)28-23(19-32-29)22-15-9-12-18-26(22)35-28/h6-19,30H,3-5H2,1-2H3. The molecule has 4 heteroatoms. The van der Waals surface area contributed by atoms with Crippen LogP contribution < -0.4 is 9.80 Å². The number of pyridine rings is 1. The molecular formula is C31H27N3O. The summed E-state index contributed by atoms with van der Waals surface area (Å²) in [4.78, 5) is 9.85. The predicted molar refractivity (Wildman–Crippen MR) is 144 cm³/mol. The van der Waals surface area contributed by atoms with Crippen LogP contribution in [0.2, 0.25) is 0 Å². The minimum Gasteiger partial charge on any atom is -0.454 e. The summed E-state index contributed by atoms with van der Waals surface area (Å²) in [6.45, 7) is 9.36. The minimum atomic E-state index is -0.111. The van der Waals surface area contributed by atoms with E-state index in [1.807, 2.05) is 18.3 Å². The number of anilines is 4. The van der Waals surface area contributed by atoms with Gasteiger partial charge in [-0.15, -0.1) is 0 Å². The van der Waals surface area contributed by atoms with Crippen LogP contribution in [0.5, 0.6) is 0 Å². The van der Waals surface area contributed by atoms with Crippen molar-refractivity contribution in [3.63, 3.8) is 0 Å². The molecule has 0 aliphatic carbocycles. The van der Waals surface area contributed by atoms with Crippen molar-refractivity contribution in [1.29, 1.82) is 0 Å². The predicted octanol–water partition coefficient (Wildman–Crippen LogP) is 8.22. The first-order valence-electron chi connectivity index (χ1n) is 12.4. The number of furan rings is 1. The lowest BCUT2D eigenvalue weighted by molar-refractivity contribution is 0.425. The quantitative estimate of drug-likeness (QED) is 0.255. The number of nitrogens with zero attached hydrogens (tertiary/aromatic N) is 3. The van der Waals surface area contributed by atoms with Crippen LogP contribution in [-0.4, -0.2) is 11.1 Å². The third-order valence-corrected chi connectivity index (χ3v) is 8.18. The van der Waals surface area contributed by atoms with Gasteiger partial charge >= 0.3 is 0 Å². The van der Waals surface area contributed by atoms with Crippen LogP contribution in [0.25, 0.3) is 21.9 Å². The van der Waals surface area contributed by atoms with Crippen LogP contribution in [0.4, 0.5) is 22.9 Å². The Kier molecular flexibility index (Phi) is 4.20. The average Bonchev–Trinajstić information content (AvgIpc) is 3.46. The highest BCUT2D eigenvalue weighted by Gasteiger charge is 2.52. The third-order valence-electron chi connectivity index (χ3n) is 8.18. The van der Waals surface area contributed by atoms with Crippen molar-refractivity contribution in [3.8, 4) is 0 Å². The topological polar surface area (TPSA) is 32.5 Å². The molecule has 2 aliphatic heterocycles. The first kappa shape index (κ1) is 20.3. The van der Waals surface area contributed by atoms with E-state index < -0.39 is 0 Å². The molecule has 4 heterocycles. The van der Waals surface area contributed by atoms with Crippen LogP contribution in [0.15, 0.2) is 102 Å². The van der Waals surface area contributed by atoms with Crippen LogP contribution in [0, 0.1) is 0 Å². The molecule has 5 aromatic rings. The monoisotopic (exact) mass is 457 g/mol. The molecule has 172 valence electrons. The van der Waals surface area contributed by atoms with Crippen molar-refractivity contribution in [2.24, 2.45) is 0 Å². The van der Waals surface area contributed by atoms with Crippen molar-refractivity contribution in [2.75, 3.05) is 9.80 Å². The van der Waals surface area contributed by atoms with Gasteiger partial charge in [0.25, 0.3) is 0 Å². The molecule has 0 saturated carbocycles. The van der Waals surface area contributed by atoms with Gasteiger partial charge in [0, 0.05) is 33.8 Å². The van der Waals surface area contributed by atoms with Gasteiger partial charge in [-0.2, -0.15) is 0 Å². The van der Waals surface area contributed by atoms with E-state index in [4.69, 9.17) is 16.0 Å². The van der Waals surface area contributed by atoms with Crippen molar-refractivity contribution in [2.45, 2.75) is 38.3 Å². The number of hydrogen-bond acceptors (Lipinski definition) is 4. The maximum atomic E-state index is 6.55. The maximum Gasteiger partial charge on any atom is 0.164 e. The molecule has 1 unspecified atom stereocenters. The van der Waals surface area contributed by atoms with Crippen LogP contribution >= 0.6 is 0 Å². The summed E-state index contributed by atoms with van der Waals surface area (Å²) in [5.41, 5.74) is 7.51. The van der Waals surface area contributed by atoms with E-state index >= 15 is 0 Å². The molecule has 0 saturated heterocycles. The van der Waals surface area contributed by atoms with E-state index in [1.54, 1.807) is 0 Å². The molecule has 3 aromatic carbocycles. The van der Waals surface area contributed by atoms with Crippen molar-refractivity contribution < 1.29 is 4.42 Å². The van der Waals surface area contributed by atoms with E-state index in [2.05, 4.69) is 90.4 Å². The van der Waals surface area contributed by atoms with Gasteiger partial charge in [0.1, 0.15) is 17.4 Å². The SMILES string of the molecule is C=C1C2N(c3ccccc3)c3ncc4c(oc5ccccc54)c3N2c2ccccc2C1(CC)CC. The fraction of sp³-hybridized carbons (Fsp3) is 0.194. The summed E-state index contributed by atoms with van der Waals surface area (Å²) >= 11 is 0. The zero-order chi connectivity index (χ0) is 23.7. The van der Waals surface area contributed by atoms with E-state index in [0.717, 1.165) is 52.0 Å². The third kappa shape index (κ3) is 2.49. The van der Waals surface area contributed by atoms with E-state index in [-0.39, 0.29) is 11.6 Å². The Morgan fingerprint density at radius 3 is 2.37 bits per heavy atom. The molecule has 0 fully saturated rings. The molecule has 0 radical (unpaired) electrons. The van der Waals surface area contributed by atoms with Gasteiger partial charge in [-0.1, -0.05) is 75.0 Å². The van der Waals surface area contributed by atoms with Crippen molar-refractivity contribution >= 4 is 44.8 Å². The van der Waals surface area contributed by atoms with Crippen LogP contribution in [-0.2, 0) is 5.41 Å². The molecule has 0 N–H and O–H groups in total. The molecule has 0 amide bonds. The number of para-hydroxylation sites is 3. The van der Waals surface area contributed by atoms with Crippen molar-refractivity contribution in [3.05, 3.63) is 103 Å². The Morgan fingerprint density at radius 1 is 0.857 bits per heavy atom. The van der Waals surface area contributed by atoms with Gasteiger partial charge in [-0.05, 0) is 48.2 Å². The second-order valence-electron chi connectivity index (χ2n) is 9.55. The van der Waals surface area contributed by atoms with Gasteiger partial charge in [0.15, 0.2) is 11.4 Å². The fourth-order valence-electron chi connectivity index (χ4n) is 6.41. The highest BCUT2D eigenvalue weighted by molar-refractivity contribution is 6.13. The minimum absolute atomic E-state index is 0.0893. The molecule has 2 aromatic heterocycles. The number of aromatic nitrogens is 1. The smallest absolute Gasteiger partial charge is 0.164 e. The summed E-state index contributed by atoms with van der Waals surface area (Å²) in [7, 11) is 0.